The zero-order chi connectivity index (χ0) is 13.7. The average Bonchev–Trinajstić information content (AvgIpc) is 2.46. The summed E-state index contributed by atoms with van der Waals surface area (Å²) in [4.78, 5) is 10.8. The van der Waals surface area contributed by atoms with E-state index in [4.69, 9.17) is 0 Å². The number of hydrazone groups is 1. The molecule has 0 heterocycles. The number of hydrogen-bond donors (Lipinski definition) is 1. The fourth-order valence-electron chi connectivity index (χ4n) is 1.76. The molecule has 0 spiro atoms. The lowest BCUT2D eigenvalue weighted by Gasteiger charge is -2.04. The third kappa shape index (κ3) is 3.52. The van der Waals surface area contributed by atoms with Crippen LogP contribution in [0.2, 0.25) is 0 Å². The molecule has 96 valence electrons. The van der Waals surface area contributed by atoms with E-state index in [1.54, 1.807) is 0 Å². The lowest BCUT2D eigenvalue weighted by Crippen LogP contribution is -2.14. The smallest absolute Gasteiger partial charge is 0.236 e. The molecule has 2 aromatic rings. The van der Waals surface area contributed by atoms with E-state index in [-0.39, 0.29) is 5.91 Å². The number of carbonyl (C=O) groups is 1. The van der Waals surface area contributed by atoms with Gasteiger partial charge < -0.3 is 0 Å². The Balaban J connectivity index is 2.19. The van der Waals surface area contributed by atoms with Gasteiger partial charge in [-0.2, -0.15) is 5.10 Å². The van der Waals surface area contributed by atoms with Gasteiger partial charge in [0.25, 0.3) is 0 Å². The molecule has 0 aromatic heterocycles. The number of rotatable bonds is 3. The molecule has 1 amide bonds. The Labute approximate surface area is 113 Å². The second-order valence-corrected chi connectivity index (χ2v) is 4.31. The summed E-state index contributed by atoms with van der Waals surface area (Å²) < 4.78 is 0. The van der Waals surface area contributed by atoms with E-state index in [0.29, 0.717) is 0 Å². The van der Waals surface area contributed by atoms with Crippen molar-refractivity contribution in [3.8, 4) is 11.1 Å². The van der Waals surface area contributed by atoms with Crippen molar-refractivity contribution in [3.05, 3.63) is 60.2 Å². The highest BCUT2D eigenvalue weighted by molar-refractivity contribution is 5.99. The molecule has 0 aliphatic rings. The molecule has 0 saturated heterocycles. The first-order valence-electron chi connectivity index (χ1n) is 6.13. The predicted octanol–water partition coefficient (Wildman–Crippen LogP) is 3.21. The SMILES string of the molecule is CC(=O)NN=C(C)c1ccc(-c2ccccc2)cc1. The number of carbonyl (C=O) groups excluding carboxylic acids is 1. The summed E-state index contributed by atoms with van der Waals surface area (Å²) in [6.45, 7) is 3.31. The van der Waals surface area contributed by atoms with Crippen LogP contribution in [0.15, 0.2) is 59.7 Å². The molecule has 0 bridgehead atoms. The Morgan fingerprint density at radius 1 is 0.895 bits per heavy atom. The maximum Gasteiger partial charge on any atom is 0.236 e. The molecule has 1 N–H and O–H groups in total. The van der Waals surface area contributed by atoms with Gasteiger partial charge in [-0.25, -0.2) is 5.43 Å². The largest absolute Gasteiger partial charge is 0.274 e. The van der Waals surface area contributed by atoms with Crippen molar-refractivity contribution in [2.75, 3.05) is 0 Å². The molecule has 0 atom stereocenters. The van der Waals surface area contributed by atoms with Crippen LogP contribution in [0.4, 0.5) is 0 Å². The summed E-state index contributed by atoms with van der Waals surface area (Å²) in [6.07, 6.45) is 0. The monoisotopic (exact) mass is 252 g/mol. The Hall–Kier alpha value is -2.42. The number of amides is 1. The van der Waals surface area contributed by atoms with Gasteiger partial charge in [-0.15, -0.1) is 0 Å². The molecule has 3 nitrogen and oxygen atoms in total. The Bertz CT molecular complexity index is 586. The van der Waals surface area contributed by atoms with Crippen LogP contribution in [0.3, 0.4) is 0 Å². The first-order chi connectivity index (χ1) is 9.16. The van der Waals surface area contributed by atoms with E-state index in [1.807, 2.05) is 37.3 Å². The van der Waals surface area contributed by atoms with Gasteiger partial charge in [-0.05, 0) is 23.6 Å². The maximum atomic E-state index is 10.8. The summed E-state index contributed by atoms with van der Waals surface area (Å²) in [5, 5.41) is 4.01. The Morgan fingerprint density at radius 2 is 1.47 bits per heavy atom. The van der Waals surface area contributed by atoms with Crippen LogP contribution >= 0.6 is 0 Å². The van der Waals surface area contributed by atoms with Crippen molar-refractivity contribution in [2.45, 2.75) is 13.8 Å². The normalized spacial score (nSPS) is 11.2. The quantitative estimate of drug-likeness (QED) is 0.661. The summed E-state index contributed by atoms with van der Waals surface area (Å²) >= 11 is 0. The molecule has 0 aliphatic heterocycles. The van der Waals surface area contributed by atoms with Crippen molar-refractivity contribution in [1.29, 1.82) is 0 Å². The average molecular weight is 252 g/mol. The highest BCUT2D eigenvalue weighted by Gasteiger charge is 2.00. The standard InChI is InChI=1S/C16H16N2O/c1-12(17-18-13(2)19)14-8-10-16(11-9-14)15-6-4-3-5-7-15/h3-11H,1-2H3,(H,18,19). The van der Waals surface area contributed by atoms with Crippen molar-refractivity contribution in [3.63, 3.8) is 0 Å². The zero-order valence-corrected chi connectivity index (χ0v) is 11.1. The third-order valence-electron chi connectivity index (χ3n) is 2.79. The minimum Gasteiger partial charge on any atom is -0.274 e. The molecule has 0 radical (unpaired) electrons. The van der Waals surface area contributed by atoms with Crippen molar-refractivity contribution >= 4 is 11.6 Å². The van der Waals surface area contributed by atoms with Crippen molar-refractivity contribution < 1.29 is 4.79 Å². The minimum absolute atomic E-state index is 0.166. The molecule has 19 heavy (non-hydrogen) atoms. The van der Waals surface area contributed by atoms with E-state index in [9.17, 15) is 4.79 Å². The van der Waals surface area contributed by atoms with Crippen LogP contribution < -0.4 is 5.43 Å². The van der Waals surface area contributed by atoms with Crippen LogP contribution in [0.5, 0.6) is 0 Å². The molecule has 3 heteroatoms. The fourth-order valence-corrected chi connectivity index (χ4v) is 1.76. The zero-order valence-electron chi connectivity index (χ0n) is 11.1. The number of benzene rings is 2. The summed E-state index contributed by atoms with van der Waals surface area (Å²) in [5.74, 6) is -0.166. The van der Waals surface area contributed by atoms with Gasteiger partial charge in [0, 0.05) is 6.92 Å². The topological polar surface area (TPSA) is 41.5 Å². The van der Waals surface area contributed by atoms with E-state index >= 15 is 0 Å². The number of nitrogens with one attached hydrogen (secondary N) is 1. The van der Waals surface area contributed by atoms with Gasteiger partial charge in [-0.3, -0.25) is 4.79 Å². The summed E-state index contributed by atoms with van der Waals surface area (Å²) in [7, 11) is 0. The molecule has 2 aromatic carbocycles. The van der Waals surface area contributed by atoms with E-state index in [2.05, 4.69) is 34.8 Å². The first kappa shape index (κ1) is 13.0. The highest BCUT2D eigenvalue weighted by atomic mass is 16.2. The minimum atomic E-state index is -0.166. The second-order valence-electron chi connectivity index (χ2n) is 4.31. The van der Waals surface area contributed by atoms with Crippen LogP contribution in [-0.2, 0) is 4.79 Å². The first-order valence-corrected chi connectivity index (χ1v) is 6.13. The predicted molar refractivity (Wildman–Crippen MR) is 77.9 cm³/mol. The lowest BCUT2D eigenvalue weighted by molar-refractivity contribution is -0.118. The van der Waals surface area contributed by atoms with E-state index < -0.39 is 0 Å². The molecule has 0 fully saturated rings. The van der Waals surface area contributed by atoms with E-state index in [1.165, 1.54) is 12.5 Å². The van der Waals surface area contributed by atoms with Gasteiger partial charge in [0.2, 0.25) is 5.91 Å². The van der Waals surface area contributed by atoms with Crippen molar-refractivity contribution in [2.24, 2.45) is 5.10 Å². The second kappa shape index (κ2) is 5.96. The third-order valence-corrected chi connectivity index (χ3v) is 2.79. The Kier molecular flexibility index (Phi) is 4.08. The van der Waals surface area contributed by atoms with Gasteiger partial charge in [-0.1, -0.05) is 54.6 Å². The van der Waals surface area contributed by atoms with E-state index in [0.717, 1.165) is 16.8 Å². The molecular formula is C16H16N2O. The molecule has 2 rings (SSSR count). The summed E-state index contributed by atoms with van der Waals surface area (Å²) in [5.41, 5.74) is 6.57. The lowest BCUT2D eigenvalue weighted by atomic mass is 10.0. The van der Waals surface area contributed by atoms with Crippen LogP contribution in [-0.4, -0.2) is 11.6 Å². The van der Waals surface area contributed by atoms with Gasteiger partial charge in [0.15, 0.2) is 0 Å². The fraction of sp³-hybridized carbons (Fsp3) is 0.125. The van der Waals surface area contributed by atoms with Crippen molar-refractivity contribution in [1.82, 2.24) is 5.43 Å². The molecule has 0 aliphatic carbocycles. The molecule has 0 unspecified atom stereocenters. The highest BCUT2D eigenvalue weighted by Crippen LogP contribution is 2.19. The van der Waals surface area contributed by atoms with Gasteiger partial charge in [0.1, 0.15) is 0 Å². The number of nitrogens with zero attached hydrogens (tertiary/aromatic N) is 1. The van der Waals surface area contributed by atoms with Crippen LogP contribution in [0.1, 0.15) is 19.4 Å². The maximum absolute atomic E-state index is 10.8. The van der Waals surface area contributed by atoms with Crippen LogP contribution in [0.25, 0.3) is 11.1 Å². The molecular weight excluding hydrogens is 236 g/mol. The summed E-state index contributed by atoms with van der Waals surface area (Å²) in [6, 6.07) is 18.3. The van der Waals surface area contributed by atoms with Crippen LogP contribution in [0, 0.1) is 0 Å². The number of hydrogen-bond acceptors (Lipinski definition) is 2. The van der Waals surface area contributed by atoms with Gasteiger partial charge in [0.05, 0.1) is 5.71 Å². The molecule has 0 saturated carbocycles. The van der Waals surface area contributed by atoms with Gasteiger partial charge >= 0.3 is 0 Å². The Morgan fingerprint density at radius 3 is 2.05 bits per heavy atom.